The molecule has 0 unspecified atom stereocenters. The molecule has 15 heavy (non-hydrogen) atoms. The molecule has 3 heteroatoms. The fraction of sp³-hybridized carbons (Fsp3) is 1.00. The van der Waals surface area contributed by atoms with E-state index >= 15 is 0 Å². The van der Waals surface area contributed by atoms with Crippen LogP contribution in [0.15, 0.2) is 0 Å². The molecule has 0 saturated heterocycles. The van der Waals surface area contributed by atoms with E-state index in [-0.39, 0.29) is 6.10 Å². The van der Waals surface area contributed by atoms with Crippen molar-refractivity contribution in [1.29, 1.82) is 0 Å². The predicted octanol–water partition coefficient (Wildman–Crippen LogP) is 2.18. The van der Waals surface area contributed by atoms with Gasteiger partial charge in [-0.25, -0.2) is 0 Å². The molecule has 0 aromatic heterocycles. The van der Waals surface area contributed by atoms with Crippen molar-refractivity contribution < 1.29 is 5.11 Å². The largest absolute Gasteiger partial charge is 0.393 e. The zero-order valence-corrected chi connectivity index (χ0v) is 10.8. The quantitative estimate of drug-likeness (QED) is 0.494. The molecule has 0 radical (unpaired) electrons. The Bertz CT molecular complexity index is 160. The summed E-state index contributed by atoms with van der Waals surface area (Å²) in [5.74, 6) is 1.78. The molecule has 0 aromatic carbocycles. The molecule has 0 heterocycles. The third-order valence-electron chi connectivity index (χ3n) is 3.23. The summed E-state index contributed by atoms with van der Waals surface area (Å²) in [4.78, 5) is 2.41. The Morgan fingerprint density at radius 1 is 1.20 bits per heavy atom. The lowest BCUT2D eigenvalue weighted by Crippen LogP contribution is -2.37. The summed E-state index contributed by atoms with van der Waals surface area (Å²) in [7, 11) is 2.20. The van der Waals surface area contributed by atoms with Crippen LogP contribution in [0.3, 0.4) is 0 Å². The molecule has 0 spiro atoms. The molecule has 1 aliphatic rings. The Morgan fingerprint density at radius 2 is 1.87 bits per heavy atom. The zero-order chi connectivity index (χ0) is 11.1. The highest BCUT2D eigenvalue weighted by Gasteiger charge is 2.27. The third kappa shape index (κ3) is 5.79. The first-order valence-corrected chi connectivity index (χ1v) is 6.83. The molecule has 0 aliphatic heterocycles. The van der Waals surface area contributed by atoms with Gasteiger partial charge in [-0.1, -0.05) is 12.8 Å². The van der Waals surface area contributed by atoms with E-state index in [2.05, 4.69) is 24.6 Å². The molecule has 1 rings (SSSR count). The maximum absolute atomic E-state index is 9.18. The van der Waals surface area contributed by atoms with E-state index in [0.717, 1.165) is 24.5 Å². The van der Waals surface area contributed by atoms with Crippen LogP contribution in [-0.2, 0) is 0 Å². The molecule has 90 valence electrons. The molecule has 1 N–H and O–H groups in total. The summed E-state index contributed by atoms with van der Waals surface area (Å²) < 4.78 is 0. The Hall–Kier alpha value is 0.270. The lowest BCUT2D eigenvalue weighted by atomic mass is 9.82. The SMILES string of the molecule is CN(CCCCCCS)CC1CC(O)C1. The second-order valence-corrected chi connectivity index (χ2v) is 5.34. The van der Waals surface area contributed by atoms with Crippen molar-refractivity contribution in [3.63, 3.8) is 0 Å². The van der Waals surface area contributed by atoms with E-state index in [0.29, 0.717) is 0 Å². The van der Waals surface area contributed by atoms with Crippen LogP contribution in [-0.4, -0.2) is 42.0 Å². The fourth-order valence-electron chi connectivity index (χ4n) is 2.23. The van der Waals surface area contributed by atoms with Gasteiger partial charge in [0.1, 0.15) is 0 Å². The Balaban J connectivity index is 1.87. The van der Waals surface area contributed by atoms with Gasteiger partial charge in [0.25, 0.3) is 0 Å². The van der Waals surface area contributed by atoms with E-state index in [1.807, 2.05) is 0 Å². The van der Waals surface area contributed by atoms with E-state index < -0.39 is 0 Å². The minimum absolute atomic E-state index is 0.00112. The van der Waals surface area contributed by atoms with Crippen molar-refractivity contribution in [3.8, 4) is 0 Å². The number of aliphatic hydroxyl groups is 1. The molecule has 1 saturated carbocycles. The van der Waals surface area contributed by atoms with Gasteiger partial charge >= 0.3 is 0 Å². The molecular formula is C12H25NOS. The molecule has 0 amide bonds. The Morgan fingerprint density at radius 3 is 2.47 bits per heavy atom. The van der Waals surface area contributed by atoms with Crippen LogP contribution in [0.4, 0.5) is 0 Å². The van der Waals surface area contributed by atoms with E-state index in [1.54, 1.807) is 0 Å². The summed E-state index contributed by atoms with van der Waals surface area (Å²) >= 11 is 4.20. The highest BCUT2D eigenvalue weighted by Crippen LogP contribution is 2.27. The number of unbranched alkanes of at least 4 members (excludes halogenated alkanes) is 3. The second kappa shape index (κ2) is 7.53. The summed E-state index contributed by atoms with van der Waals surface area (Å²) in [6.07, 6.45) is 7.24. The number of thiol groups is 1. The van der Waals surface area contributed by atoms with Gasteiger partial charge < -0.3 is 10.0 Å². The fourth-order valence-corrected chi connectivity index (χ4v) is 2.45. The van der Waals surface area contributed by atoms with Crippen LogP contribution in [0.25, 0.3) is 0 Å². The van der Waals surface area contributed by atoms with Gasteiger partial charge in [0, 0.05) is 6.54 Å². The van der Waals surface area contributed by atoms with Crippen molar-refractivity contribution in [1.82, 2.24) is 4.90 Å². The van der Waals surface area contributed by atoms with Crippen LogP contribution in [0.2, 0.25) is 0 Å². The summed E-state index contributed by atoms with van der Waals surface area (Å²) in [6, 6.07) is 0. The maximum Gasteiger partial charge on any atom is 0.0546 e. The van der Waals surface area contributed by atoms with Crippen molar-refractivity contribution in [2.24, 2.45) is 5.92 Å². The van der Waals surface area contributed by atoms with Gasteiger partial charge in [0.2, 0.25) is 0 Å². The number of hydrogen-bond acceptors (Lipinski definition) is 3. The van der Waals surface area contributed by atoms with Crippen LogP contribution in [0.5, 0.6) is 0 Å². The number of rotatable bonds is 8. The van der Waals surface area contributed by atoms with Gasteiger partial charge in [-0.15, -0.1) is 0 Å². The number of aliphatic hydroxyl groups excluding tert-OH is 1. The lowest BCUT2D eigenvalue weighted by Gasteiger charge is -2.34. The minimum atomic E-state index is -0.00112. The lowest BCUT2D eigenvalue weighted by molar-refractivity contribution is 0.0282. The normalized spacial score (nSPS) is 25.6. The average molecular weight is 231 g/mol. The smallest absolute Gasteiger partial charge is 0.0546 e. The predicted molar refractivity (Wildman–Crippen MR) is 68.5 cm³/mol. The highest BCUT2D eigenvalue weighted by molar-refractivity contribution is 7.80. The Labute approximate surface area is 99.5 Å². The maximum atomic E-state index is 9.18. The summed E-state index contributed by atoms with van der Waals surface area (Å²) in [6.45, 7) is 2.38. The minimum Gasteiger partial charge on any atom is -0.393 e. The van der Waals surface area contributed by atoms with Crippen molar-refractivity contribution in [3.05, 3.63) is 0 Å². The molecule has 1 fully saturated rings. The molecule has 2 nitrogen and oxygen atoms in total. The van der Waals surface area contributed by atoms with Gasteiger partial charge in [0.05, 0.1) is 6.10 Å². The highest BCUT2D eigenvalue weighted by atomic mass is 32.1. The Kier molecular flexibility index (Phi) is 6.69. The van der Waals surface area contributed by atoms with Gasteiger partial charge in [-0.2, -0.15) is 12.6 Å². The van der Waals surface area contributed by atoms with Crippen LogP contribution in [0, 0.1) is 5.92 Å². The third-order valence-corrected chi connectivity index (χ3v) is 3.54. The monoisotopic (exact) mass is 231 g/mol. The van der Waals surface area contributed by atoms with Crippen molar-refractivity contribution >= 4 is 12.6 Å². The van der Waals surface area contributed by atoms with E-state index in [9.17, 15) is 5.11 Å². The first kappa shape index (κ1) is 13.3. The summed E-state index contributed by atoms with van der Waals surface area (Å²) in [5.41, 5.74) is 0. The average Bonchev–Trinajstić information content (AvgIpc) is 2.15. The number of hydrogen-bond donors (Lipinski definition) is 2. The molecule has 1 aliphatic carbocycles. The molecule has 0 aromatic rings. The van der Waals surface area contributed by atoms with E-state index in [4.69, 9.17) is 0 Å². The summed E-state index contributed by atoms with van der Waals surface area (Å²) in [5, 5.41) is 9.18. The van der Waals surface area contributed by atoms with Crippen LogP contribution >= 0.6 is 12.6 Å². The van der Waals surface area contributed by atoms with Gasteiger partial charge in [-0.3, -0.25) is 0 Å². The second-order valence-electron chi connectivity index (χ2n) is 4.89. The molecule has 0 atom stereocenters. The van der Waals surface area contributed by atoms with Gasteiger partial charge in [0.15, 0.2) is 0 Å². The van der Waals surface area contributed by atoms with Gasteiger partial charge in [-0.05, 0) is 50.9 Å². The zero-order valence-electron chi connectivity index (χ0n) is 9.86. The topological polar surface area (TPSA) is 23.5 Å². The molecular weight excluding hydrogens is 206 g/mol. The van der Waals surface area contributed by atoms with Crippen molar-refractivity contribution in [2.75, 3.05) is 25.9 Å². The van der Waals surface area contributed by atoms with E-state index in [1.165, 1.54) is 38.8 Å². The number of nitrogens with zero attached hydrogens (tertiary/aromatic N) is 1. The van der Waals surface area contributed by atoms with Crippen LogP contribution in [0.1, 0.15) is 38.5 Å². The molecule has 0 bridgehead atoms. The van der Waals surface area contributed by atoms with Crippen molar-refractivity contribution in [2.45, 2.75) is 44.6 Å². The first-order chi connectivity index (χ1) is 7.22. The standard InChI is InChI=1S/C12H25NOS/c1-13(6-4-2-3-5-7-15)10-11-8-12(14)9-11/h11-12,14-15H,2-10H2,1H3. The first-order valence-electron chi connectivity index (χ1n) is 6.20. The van der Waals surface area contributed by atoms with Crippen LogP contribution < -0.4 is 0 Å².